The van der Waals surface area contributed by atoms with E-state index < -0.39 is 5.79 Å². The molecule has 2 aliphatic carbocycles. The highest BCUT2D eigenvalue weighted by molar-refractivity contribution is 5.68. The lowest BCUT2D eigenvalue weighted by atomic mass is 9.90. The smallest absolute Gasteiger partial charge is 0.410 e. The Bertz CT molecular complexity index is 1320. The molecular formula is C53H85NO4. The zero-order valence-electron chi connectivity index (χ0n) is 37.5. The van der Waals surface area contributed by atoms with Crippen molar-refractivity contribution in [2.75, 3.05) is 7.05 Å². The highest BCUT2D eigenvalue weighted by atomic mass is 16.8. The number of ether oxygens (including phenoxy) is 3. The number of benzene rings is 1. The first-order chi connectivity index (χ1) is 28.6. The Morgan fingerprint density at radius 1 is 0.621 bits per heavy atom. The number of fused-ring (bicyclic) bond motifs is 5. The molecule has 0 N–H and O–H groups in total. The fourth-order valence-corrected chi connectivity index (χ4v) is 9.59. The predicted molar refractivity (Wildman–Crippen MR) is 245 cm³/mol. The van der Waals surface area contributed by atoms with Gasteiger partial charge in [-0.2, -0.15) is 0 Å². The first kappa shape index (κ1) is 48.0. The van der Waals surface area contributed by atoms with Gasteiger partial charge in [0.15, 0.2) is 5.79 Å². The molecule has 326 valence electrons. The number of hydrogen-bond acceptors (Lipinski definition) is 4. The van der Waals surface area contributed by atoms with Gasteiger partial charge in [0.25, 0.3) is 0 Å². The number of nitrogens with zero attached hydrogens (tertiary/aromatic N) is 1. The lowest BCUT2D eigenvalue weighted by molar-refractivity contribution is -0.196. The van der Waals surface area contributed by atoms with Gasteiger partial charge in [-0.15, -0.1) is 0 Å². The Hall–Kier alpha value is -2.63. The summed E-state index contributed by atoms with van der Waals surface area (Å²) in [6, 6.07) is 10.1. The summed E-state index contributed by atoms with van der Waals surface area (Å²) in [7, 11) is 1.92. The fraction of sp³-hybridized carbons (Fsp3) is 0.717. The molecule has 4 rings (SSSR count). The van der Waals surface area contributed by atoms with Crippen LogP contribution in [0.1, 0.15) is 199 Å². The molecule has 3 fully saturated rings. The van der Waals surface area contributed by atoms with E-state index in [-0.39, 0.29) is 24.3 Å². The van der Waals surface area contributed by atoms with E-state index in [0.717, 1.165) is 56.9 Å². The van der Waals surface area contributed by atoms with Gasteiger partial charge in [-0.1, -0.05) is 170 Å². The minimum Gasteiger partial charge on any atom is -0.445 e. The van der Waals surface area contributed by atoms with Crippen molar-refractivity contribution in [3.63, 3.8) is 0 Å². The predicted octanol–water partition coefficient (Wildman–Crippen LogP) is 15.6. The number of carbonyl (C=O) groups excluding carboxylic acids is 1. The van der Waals surface area contributed by atoms with Gasteiger partial charge in [0.05, 0.1) is 12.2 Å². The van der Waals surface area contributed by atoms with Gasteiger partial charge in [-0.25, -0.2) is 4.79 Å². The van der Waals surface area contributed by atoms with Crippen LogP contribution < -0.4 is 0 Å². The van der Waals surface area contributed by atoms with Crippen molar-refractivity contribution < 1.29 is 19.0 Å². The molecule has 1 heterocycles. The summed E-state index contributed by atoms with van der Waals surface area (Å²) in [5.74, 6) is 0.300. The molecule has 1 aromatic rings. The lowest BCUT2D eigenvalue weighted by Gasteiger charge is -2.35. The number of amides is 1. The maximum atomic E-state index is 13.2. The van der Waals surface area contributed by atoms with Crippen LogP contribution in [0.2, 0.25) is 0 Å². The third-order valence-corrected chi connectivity index (χ3v) is 13.0. The quantitative estimate of drug-likeness (QED) is 0.0525. The first-order valence-electron chi connectivity index (χ1n) is 24.5. The van der Waals surface area contributed by atoms with Crippen molar-refractivity contribution in [1.82, 2.24) is 4.90 Å². The molecule has 5 nitrogen and oxygen atoms in total. The molecule has 6 atom stereocenters. The summed E-state index contributed by atoms with van der Waals surface area (Å²) < 4.78 is 19.9. The third kappa shape index (κ3) is 17.9. The van der Waals surface area contributed by atoms with Gasteiger partial charge in [-0.3, -0.25) is 0 Å². The molecule has 0 aromatic heterocycles. The van der Waals surface area contributed by atoms with Gasteiger partial charge < -0.3 is 19.1 Å². The topological polar surface area (TPSA) is 48.0 Å². The average molecular weight is 800 g/mol. The van der Waals surface area contributed by atoms with Crippen molar-refractivity contribution in [2.24, 2.45) is 11.8 Å². The van der Waals surface area contributed by atoms with Crippen LogP contribution in [0.5, 0.6) is 0 Å². The standard InChI is InChI=1S/C53H85NO4/c1-4-6-8-10-12-14-16-18-20-22-24-26-28-30-32-37-41-53(42-38-33-31-29-27-25-23-21-19-17-15-13-11-9-7-5-2)57-50-47-43-48(51(50)58-53)49(44-47)54(3)52(55)56-45-46-39-35-34-36-40-46/h12,14,17-20,23,25,34-36,39-40,47-51H,4-11,13,15-16,21-22,24,26-33,37-38,41-45H2,1-3H3/b14-12-,19-17-,20-18-,25-23-/t47-,48-,49+,50+,51-,53?/m0/s1. The summed E-state index contributed by atoms with van der Waals surface area (Å²) >= 11 is 0. The second kappa shape index (κ2) is 29.6. The van der Waals surface area contributed by atoms with Gasteiger partial charge in [-0.05, 0) is 101 Å². The van der Waals surface area contributed by atoms with E-state index in [9.17, 15) is 4.79 Å². The fourth-order valence-electron chi connectivity index (χ4n) is 9.59. The number of rotatable bonds is 33. The largest absolute Gasteiger partial charge is 0.445 e. The van der Waals surface area contributed by atoms with Crippen molar-refractivity contribution in [3.8, 4) is 0 Å². The van der Waals surface area contributed by atoms with E-state index in [1.165, 1.54) is 128 Å². The minimum atomic E-state index is -0.467. The molecule has 1 unspecified atom stereocenters. The Kier molecular flexibility index (Phi) is 24.5. The Morgan fingerprint density at radius 3 is 1.64 bits per heavy atom. The van der Waals surface area contributed by atoms with Crippen LogP contribution in [0.4, 0.5) is 4.79 Å². The van der Waals surface area contributed by atoms with Crippen molar-refractivity contribution >= 4 is 6.09 Å². The molecular weight excluding hydrogens is 715 g/mol. The molecule has 2 saturated carbocycles. The Labute approximate surface area is 356 Å². The van der Waals surface area contributed by atoms with Crippen molar-refractivity contribution in [1.29, 1.82) is 0 Å². The molecule has 2 bridgehead atoms. The van der Waals surface area contributed by atoms with Gasteiger partial charge in [0.1, 0.15) is 6.61 Å². The third-order valence-electron chi connectivity index (χ3n) is 13.0. The van der Waals surface area contributed by atoms with Crippen molar-refractivity contribution in [2.45, 2.75) is 224 Å². The number of hydrogen-bond donors (Lipinski definition) is 0. The second-order valence-electron chi connectivity index (χ2n) is 17.9. The van der Waals surface area contributed by atoms with Crippen LogP contribution >= 0.6 is 0 Å². The normalized spacial score (nSPS) is 24.0. The summed E-state index contributed by atoms with van der Waals surface area (Å²) in [5.41, 5.74) is 1.02. The van der Waals surface area contributed by atoms with Gasteiger partial charge in [0.2, 0.25) is 0 Å². The van der Waals surface area contributed by atoms with E-state index in [0.29, 0.717) is 18.4 Å². The van der Waals surface area contributed by atoms with Crippen LogP contribution in [0.15, 0.2) is 78.9 Å². The van der Waals surface area contributed by atoms with Crippen LogP contribution in [0.3, 0.4) is 0 Å². The van der Waals surface area contributed by atoms with E-state index in [2.05, 4.69) is 62.5 Å². The number of allylic oxidation sites excluding steroid dienone is 8. The average Bonchev–Trinajstić information content (AvgIpc) is 3.94. The van der Waals surface area contributed by atoms with Crippen LogP contribution in [0, 0.1) is 11.8 Å². The molecule has 0 radical (unpaired) electrons. The minimum absolute atomic E-state index is 0.0815. The summed E-state index contributed by atoms with van der Waals surface area (Å²) in [4.78, 5) is 15.0. The zero-order chi connectivity index (χ0) is 40.9. The molecule has 0 spiro atoms. The van der Waals surface area contributed by atoms with E-state index in [1.807, 2.05) is 42.3 Å². The molecule has 5 heteroatoms. The van der Waals surface area contributed by atoms with Gasteiger partial charge >= 0.3 is 6.09 Å². The molecule has 3 aliphatic rings. The maximum Gasteiger partial charge on any atom is 0.410 e. The van der Waals surface area contributed by atoms with E-state index in [4.69, 9.17) is 14.2 Å². The van der Waals surface area contributed by atoms with E-state index >= 15 is 0 Å². The van der Waals surface area contributed by atoms with Crippen LogP contribution in [0.25, 0.3) is 0 Å². The molecule has 1 aliphatic heterocycles. The Morgan fingerprint density at radius 2 is 1.09 bits per heavy atom. The highest BCUT2D eigenvalue weighted by Gasteiger charge is 2.62. The number of unbranched alkanes of at least 4 members (excludes halogenated alkanes) is 18. The molecule has 1 amide bonds. The molecule has 1 saturated heterocycles. The van der Waals surface area contributed by atoms with Gasteiger partial charge in [0, 0.05) is 31.8 Å². The Balaban J connectivity index is 1.16. The van der Waals surface area contributed by atoms with Crippen LogP contribution in [-0.2, 0) is 20.8 Å². The SMILES string of the molecule is CCCCC/C=C\C/C=C\CCCCCCCCC1(CCCCCC/C=C\C/C=C\CCCCCCC)O[C@@H]2[C@H]3C[C@H]([C@@H]2O1)[C@H](N(C)C(=O)OCc1ccccc1)C3. The summed E-state index contributed by atoms with van der Waals surface area (Å²) in [5, 5.41) is 0. The van der Waals surface area contributed by atoms with Crippen LogP contribution in [-0.4, -0.2) is 42.1 Å². The summed E-state index contributed by atoms with van der Waals surface area (Å²) in [6.45, 7) is 4.85. The molecule has 1 aromatic carbocycles. The van der Waals surface area contributed by atoms with Crippen molar-refractivity contribution in [3.05, 3.63) is 84.5 Å². The second-order valence-corrected chi connectivity index (χ2v) is 17.9. The monoisotopic (exact) mass is 800 g/mol. The number of carbonyl (C=O) groups is 1. The molecule has 58 heavy (non-hydrogen) atoms. The first-order valence-corrected chi connectivity index (χ1v) is 24.5. The highest BCUT2D eigenvalue weighted by Crippen LogP contribution is 2.56. The maximum absolute atomic E-state index is 13.2. The zero-order valence-corrected chi connectivity index (χ0v) is 37.5. The lowest BCUT2D eigenvalue weighted by Crippen LogP contribution is -2.47. The van der Waals surface area contributed by atoms with E-state index in [1.54, 1.807) is 0 Å². The summed E-state index contributed by atoms with van der Waals surface area (Å²) in [6.07, 6.45) is 53.1.